The summed E-state index contributed by atoms with van der Waals surface area (Å²) < 4.78 is 22.5. The van der Waals surface area contributed by atoms with Gasteiger partial charge in [0.2, 0.25) is 0 Å². The molecule has 0 atom stereocenters. The molecule has 1 rings (SSSR count). The molecule has 0 spiro atoms. The van der Waals surface area contributed by atoms with Gasteiger partial charge >= 0.3 is 0 Å². The van der Waals surface area contributed by atoms with E-state index < -0.39 is 9.84 Å². The van der Waals surface area contributed by atoms with Crippen molar-refractivity contribution in [3.8, 4) is 0 Å². The van der Waals surface area contributed by atoms with Crippen molar-refractivity contribution in [1.82, 2.24) is 9.97 Å². The monoisotopic (exact) mass is 237 g/mol. The van der Waals surface area contributed by atoms with Gasteiger partial charge in [-0.05, 0) is 0 Å². The van der Waals surface area contributed by atoms with Crippen LogP contribution in [0.3, 0.4) is 0 Å². The van der Waals surface area contributed by atoms with Crippen LogP contribution in [-0.2, 0) is 16.4 Å². The third-order valence-electron chi connectivity index (χ3n) is 1.59. The molecular weight excluding hydrogens is 226 g/mol. The largest absolute Gasteiger partial charge is 0.325 e. The summed E-state index contributed by atoms with van der Waals surface area (Å²) in [6.07, 6.45) is 2.61. The molecule has 0 radical (unpaired) electrons. The van der Waals surface area contributed by atoms with Crippen LogP contribution in [0.4, 0.5) is 0 Å². The van der Waals surface area contributed by atoms with Crippen molar-refractivity contribution in [1.29, 1.82) is 0 Å². The first-order valence-electron chi connectivity index (χ1n) is 3.84. The Kier molecular flexibility index (Phi) is 4.96. The van der Waals surface area contributed by atoms with Gasteiger partial charge < -0.3 is 5.73 Å². The number of hydrogen-bond acceptors (Lipinski definition) is 5. The number of halogens is 1. The van der Waals surface area contributed by atoms with Gasteiger partial charge in [-0.1, -0.05) is 6.92 Å². The van der Waals surface area contributed by atoms with Gasteiger partial charge in [0.25, 0.3) is 0 Å². The highest BCUT2D eigenvalue weighted by Gasteiger charge is 2.12. The third-order valence-corrected chi connectivity index (χ3v) is 3.20. The highest BCUT2D eigenvalue weighted by Crippen LogP contribution is 2.05. The van der Waals surface area contributed by atoms with Gasteiger partial charge in [0.05, 0.1) is 23.8 Å². The molecule has 0 fully saturated rings. The summed E-state index contributed by atoms with van der Waals surface area (Å²) in [4.78, 5) is 7.61. The first kappa shape index (κ1) is 13.3. The fourth-order valence-electron chi connectivity index (χ4n) is 0.757. The van der Waals surface area contributed by atoms with Crippen LogP contribution < -0.4 is 5.73 Å². The average molecular weight is 238 g/mol. The Bertz CT molecular complexity index is 376. The second-order valence-corrected chi connectivity index (χ2v) is 4.68. The van der Waals surface area contributed by atoms with E-state index in [1.165, 1.54) is 12.4 Å². The molecule has 0 saturated carbocycles. The lowest BCUT2D eigenvalue weighted by molar-refractivity contribution is 0.592. The number of hydrogen-bond donors (Lipinski definition) is 1. The molecular formula is C7H12ClN3O2S. The van der Waals surface area contributed by atoms with E-state index in [2.05, 4.69) is 9.97 Å². The minimum absolute atomic E-state index is 0. The van der Waals surface area contributed by atoms with E-state index in [1.54, 1.807) is 6.92 Å². The van der Waals surface area contributed by atoms with Crippen LogP contribution in [0.5, 0.6) is 0 Å². The molecule has 0 aromatic carbocycles. The van der Waals surface area contributed by atoms with Crippen molar-refractivity contribution in [3.05, 3.63) is 18.1 Å². The van der Waals surface area contributed by atoms with Crippen molar-refractivity contribution < 1.29 is 8.42 Å². The molecule has 2 N–H and O–H groups in total. The van der Waals surface area contributed by atoms with Crippen LogP contribution in [-0.4, -0.2) is 24.1 Å². The van der Waals surface area contributed by atoms with Crippen molar-refractivity contribution in [3.63, 3.8) is 0 Å². The second-order valence-electron chi connectivity index (χ2n) is 2.45. The SMILES string of the molecule is CCS(=O)(=O)c1cnc(CN)cn1.Cl. The van der Waals surface area contributed by atoms with E-state index in [-0.39, 0.29) is 29.7 Å². The second kappa shape index (κ2) is 5.23. The van der Waals surface area contributed by atoms with Crippen LogP contribution in [0.1, 0.15) is 12.6 Å². The Balaban J connectivity index is 0.00000169. The Morgan fingerprint density at radius 1 is 1.36 bits per heavy atom. The molecule has 0 saturated heterocycles. The minimum atomic E-state index is -3.24. The summed E-state index contributed by atoms with van der Waals surface area (Å²) in [6.45, 7) is 1.83. The number of rotatable bonds is 3. The van der Waals surface area contributed by atoms with Crippen molar-refractivity contribution in [2.75, 3.05) is 5.75 Å². The minimum Gasteiger partial charge on any atom is -0.325 e. The van der Waals surface area contributed by atoms with Crippen LogP contribution in [0, 0.1) is 0 Å². The molecule has 0 unspecified atom stereocenters. The Hall–Kier alpha value is -0.720. The van der Waals surface area contributed by atoms with Crippen molar-refractivity contribution in [2.24, 2.45) is 5.73 Å². The quantitative estimate of drug-likeness (QED) is 0.809. The topological polar surface area (TPSA) is 85.9 Å². The maximum Gasteiger partial charge on any atom is 0.196 e. The highest BCUT2D eigenvalue weighted by atomic mass is 35.5. The molecule has 0 bridgehead atoms. The van der Waals surface area contributed by atoms with Gasteiger partial charge in [-0.3, -0.25) is 4.98 Å². The number of nitrogens with two attached hydrogens (primary N) is 1. The first-order chi connectivity index (χ1) is 6.10. The van der Waals surface area contributed by atoms with Crippen molar-refractivity contribution >= 4 is 22.2 Å². The fraction of sp³-hybridized carbons (Fsp3) is 0.429. The zero-order chi connectivity index (χ0) is 9.90. The lowest BCUT2D eigenvalue weighted by Gasteiger charge is -1.99. The predicted octanol–water partition coefficient (Wildman–Crippen LogP) is 0.151. The highest BCUT2D eigenvalue weighted by molar-refractivity contribution is 7.91. The molecule has 0 amide bonds. The molecule has 0 aliphatic carbocycles. The Morgan fingerprint density at radius 3 is 2.36 bits per heavy atom. The fourth-order valence-corrected chi connectivity index (χ4v) is 1.48. The Morgan fingerprint density at radius 2 is 2.00 bits per heavy atom. The van der Waals surface area contributed by atoms with Gasteiger partial charge in [-0.25, -0.2) is 13.4 Å². The Labute approximate surface area is 89.1 Å². The lowest BCUT2D eigenvalue weighted by atomic mass is 10.5. The van der Waals surface area contributed by atoms with Gasteiger partial charge in [-0.2, -0.15) is 0 Å². The molecule has 1 aromatic rings. The number of aromatic nitrogens is 2. The van der Waals surface area contributed by atoms with E-state index in [9.17, 15) is 8.42 Å². The van der Waals surface area contributed by atoms with Crippen LogP contribution in [0.2, 0.25) is 0 Å². The summed E-state index contributed by atoms with van der Waals surface area (Å²) in [5, 5.41) is 0.00667. The summed E-state index contributed by atoms with van der Waals surface area (Å²) in [5.74, 6) is 0.0314. The number of nitrogens with zero attached hydrogens (tertiary/aromatic N) is 2. The predicted molar refractivity (Wildman–Crippen MR) is 54.9 cm³/mol. The van der Waals surface area contributed by atoms with E-state index >= 15 is 0 Å². The molecule has 1 heterocycles. The van der Waals surface area contributed by atoms with E-state index in [0.29, 0.717) is 5.69 Å². The van der Waals surface area contributed by atoms with Gasteiger partial charge in [-0.15, -0.1) is 12.4 Å². The molecule has 14 heavy (non-hydrogen) atoms. The standard InChI is InChI=1S/C7H11N3O2S.ClH/c1-2-13(11,12)7-5-9-6(3-8)4-10-7;/h4-5H,2-3,8H2,1H3;1H. The molecule has 7 heteroatoms. The van der Waals surface area contributed by atoms with E-state index in [0.717, 1.165) is 0 Å². The lowest BCUT2D eigenvalue weighted by Crippen LogP contribution is -2.08. The summed E-state index contributed by atoms with van der Waals surface area (Å²) in [5.41, 5.74) is 5.87. The zero-order valence-corrected chi connectivity index (χ0v) is 9.31. The third kappa shape index (κ3) is 2.90. The molecule has 1 aromatic heterocycles. The van der Waals surface area contributed by atoms with E-state index in [1.807, 2.05) is 0 Å². The zero-order valence-electron chi connectivity index (χ0n) is 7.67. The van der Waals surface area contributed by atoms with Crippen LogP contribution >= 0.6 is 12.4 Å². The summed E-state index contributed by atoms with van der Waals surface area (Å²) in [7, 11) is -3.24. The van der Waals surface area contributed by atoms with Crippen LogP contribution in [0.25, 0.3) is 0 Å². The summed E-state index contributed by atoms with van der Waals surface area (Å²) in [6, 6.07) is 0. The first-order valence-corrected chi connectivity index (χ1v) is 5.49. The molecule has 0 aliphatic heterocycles. The molecule has 80 valence electrons. The molecule has 0 aliphatic rings. The smallest absolute Gasteiger partial charge is 0.196 e. The van der Waals surface area contributed by atoms with Gasteiger partial charge in [0.15, 0.2) is 14.9 Å². The molecule has 5 nitrogen and oxygen atoms in total. The van der Waals surface area contributed by atoms with E-state index in [4.69, 9.17) is 5.73 Å². The summed E-state index contributed by atoms with van der Waals surface area (Å²) >= 11 is 0. The van der Waals surface area contributed by atoms with Crippen molar-refractivity contribution in [2.45, 2.75) is 18.5 Å². The maximum absolute atomic E-state index is 11.3. The van der Waals surface area contributed by atoms with Crippen LogP contribution in [0.15, 0.2) is 17.4 Å². The van der Waals surface area contributed by atoms with Gasteiger partial charge in [0, 0.05) is 6.54 Å². The average Bonchev–Trinajstić information content (AvgIpc) is 2.18. The maximum atomic E-state index is 11.3. The normalized spacial score (nSPS) is 10.7. The van der Waals surface area contributed by atoms with Gasteiger partial charge in [0.1, 0.15) is 0 Å². The number of sulfone groups is 1.